The Bertz CT molecular complexity index is 1230. The molecule has 7 nitrogen and oxygen atoms in total. The average molecular weight is 479 g/mol. The van der Waals surface area contributed by atoms with Gasteiger partial charge in [0.15, 0.2) is 0 Å². The fourth-order valence-corrected chi connectivity index (χ4v) is 4.19. The molecule has 0 spiro atoms. The van der Waals surface area contributed by atoms with Crippen LogP contribution in [0.1, 0.15) is 21.5 Å². The maximum absolute atomic E-state index is 12.7. The van der Waals surface area contributed by atoms with E-state index in [9.17, 15) is 18.0 Å². The van der Waals surface area contributed by atoms with E-state index in [4.69, 9.17) is 4.74 Å². The highest BCUT2D eigenvalue weighted by Crippen LogP contribution is 2.14. The van der Waals surface area contributed by atoms with E-state index in [0.29, 0.717) is 5.56 Å². The Morgan fingerprint density at radius 2 is 1.53 bits per heavy atom. The molecule has 0 aliphatic rings. The Kier molecular flexibility index (Phi) is 8.21. The number of benzene rings is 3. The summed E-state index contributed by atoms with van der Waals surface area (Å²) in [4.78, 5) is 25.3. The molecule has 0 saturated heterocycles. The standard InChI is InChI=1S/C26H26N2O5S/c1-3-24(33-25(29)21-12-8-5-9-13-21)23(18-20-10-6-4-7-11-20)27-26(30)28-34(31,32)22-16-14-19(2)15-17-22/h3-17,23-24H,1,18H2,2H3,(H2,27,28,30)/t23-,24-/m0/s1. The molecule has 0 heterocycles. The lowest BCUT2D eigenvalue weighted by molar-refractivity contribution is 0.0328. The first-order valence-corrected chi connectivity index (χ1v) is 12.1. The number of sulfonamides is 1. The summed E-state index contributed by atoms with van der Waals surface area (Å²) in [7, 11) is -4.09. The molecule has 176 valence electrons. The van der Waals surface area contributed by atoms with Crippen molar-refractivity contribution in [3.8, 4) is 0 Å². The summed E-state index contributed by atoms with van der Waals surface area (Å²) in [6, 6.07) is 22.1. The van der Waals surface area contributed by atoms with Crippen molar-refractivity contribution >= 4 is 22.0 Å². The van der Waals surface area contributed by atoms with Gasteiger partial charge in [0.2, 0.25) is 0 Å². The number of hydrogen-bond donors (Lipinski definition) is 2. The summed E-state index contributed by atoms with van der Waals surface area (Å²) in [5.41, 5.74) is 2.09. The fraction of sp³-hybridized carbons (Fsp3) is 0.154. The number of hydrogen-bond acceptors (Lipinski definition) is 5. The van der Waals surface area contributed by atoms with Gasteiger partial charge in [0, 0.05) is 0 Å². The first-order valence-electron chi connectivity index (χ1n) is 10.6. The summed E-state index contributed by atoms with van der Waals surface area (Å²) >= 11 is 0. The molecule has 3 aromatic carbocycles. The molecule has 3 rings (SSSR count). The van der Waals surface area contributed by atoms with Crippen LogP contribution in [-0.2, 0) is 21.2 Å². The second-order valence-electron chi connectivity index (χ2n) is 7.66. The minimum absolute atomic E-state index is 0.0383. The van der Waals surface area contributed by atoms with Crippen molar-refractivity contribution in [1.82, 2.24) is 10.0 Å². The van der Waals surface area contributed by atoms with Gasteiger partial charge in [-0.15, -0.1) is 0 Å². The minimum Gasteiger partial charge on any atom is -0.452 e. The van der Waals surface area contributed by atoms with Gasteiger partial charge in [0.1, 0.15) is 6.10 Å². The molecule has 3 aromatic rings. The van der Waals surface area contributed by atoms with Crippen LogP contribution in [0.3, 0.4) is 0 Å². The highest BCUT2D eigenvalue weighted by Gasteiger charge is 2.27. The lowest BCUT2D eigenvalue weighted by Crippen LogP contribution is -2.50. The quantitative estimate of drug-likeness (QED) is 0.358. The Balaban J connectivity index is 1.78. The molecule has 2 N–H and O–H groups in total. The van der Waals surface area contributed by atoms with E-state index in [2.05, 4.69) is 11.9 Å². The Morgan fingerprint density at radius 3 is 2.12 bits per heavy atom. The molecule has 0 bridgehead atoms. The predicted octanol–water partition coefficient (Wildman–Crippen LogP) is 4.01. The smallest absolute Gasteiger partial charge is 0.338 e. The van der Waals surface area contributed by atoms with E-state index >= 15 is 0 Å². The highest BCUT2D eigenvalue weighted by molar-refractivity contribution is 7.90. The number of esters is 1. The lowest BCUT2D eigenvalue weighted by atomic mass is 10.0. The van der Waals surface area contributed by atoms with Gasteiger partial charge >= 0.3 is 12.0 Å². The second-order valence-corrected chi connectivity index (χ2v) is 9.34. The molecular formula is C26H26N2O5S. The molecule has 0 aromatic heterocycles. The Hall–Kier alpha value is -3.91. The molecule has 8 heteroatoms. The zero-order valence-electron chi connectivity index (χ0n) is 18.7. The lowest BCUT2D eigenvalue weighted by Gasteiger charge is -2.26. The number of aryl methyl sites for hydroxylation is 1. The van der Waals surface area contributed by atoms with Crippen LogP contribution in [0.5, 0.6) is 0 Å². The third kappa shape index (κ3) is 6.79. The van der Waals surface area contributed by atoms with E-state index in [1.807, 2.05) is 42.0 Å². The first-order chi connectivity index (χ1) is 16.3. The van der Waals surface area contributed by atoms with Gasteiger partial charge in [-0.05, 0) is 49.2 Å². The number of amides is 2. The van der Waals surface area contributed by atoms with E-state index < -0.39 is 34.2 Å². The molecule has 0 radical (unpaired) electrons. The average Bonchev–Trinajstić information content (AvgIpc) is 2.83. The molecular weight excluding hydrogens is 452 g/mol. The normalized spacial score (nSPS) is 12.7. The molecule has 2 atom stereocenters. The monoisotopic (exact) mass is 478 g/mol. The van der Waals surface area contributed by atoms with E-state index in [-0.39, 0.29) is 11.3 Å². The maximum Gasteiger partial charge on any atom is 0.338 e. The fourth-order valence-electron chi connectivity index (χ4n) is 3.27. The highest BCUT2D eigenvalue weighted by atomic mass is 32.2. The SMILES string of the molecule is C=C[C@H](OC(=O)c1ccccc1)[C@H](Cc1ccccc1)NC(=O)NS(=O)(=O)c1ccc(C)cc1. The van der Waals surface area contributed by atoms with Gasteiger partial charge in [-0.2, -0.15) is 0 Å². The van der Waals surface area contributed by atoms with Gasteiger partial charge in [-0.3, -0.25) is 0 Å². The molecule has 0 saturated carbocycles. The van der Waals surface area contributed by atoms with E-state index in [1.54, 1.807) is 42.5 Å². The number of rotatable bonds is 9. The molecule has 0 unspecified atom stereocenters. The van der Waals surface area contributed by atoms with Crippen LogP contribution >= 0.6 is 0 Å². The zero-order valence-corrected chi connectivity index (χ0v) is 19.5. The molecule has 2 amide bonds. The molecule has 0 aliphatic carbocycles. The third-order valence-electron chi connectivity index (χ3n) is 5.05. The van der Waals surface area contributed by atoms with Gasteiger partial charge in [-0.1, -0.05) is 72.8 Å². The topological polar surface area (TPSA) is 102 Å². The Morgan fingerprint density at radius 1 is 0.941 bits per heavy atom. The molecule has 0 fully saturated rings. The van der Waals surface area contributed by atoms with E-state index in [0.717, 1.165) is 11.1 Å². The van der Waals surface area contributed by atoms with Crippen molar-refractivity contribution in [2.24, 2.45) is 0 Å². The van der Waals surface area contributed by atoms with Crippen LogP contribution in [0.25, 0.3) is 0 Å². The van der Waals surface area contributed by atoms with Crippen LogP contribution in [0.4, 0.5) is 4.79 Å². The van der Waals surface area contributed by atoms with E-state index in [1.165, 1.54) is 18.2 Å². The molecule has 0 aliphatic heterocycles. The van der Waals surface area contributed by atoms with Gasteiger partial charge in [0.05, 0.1) is 16.5 Å². The summed E-state index contributed by atoms with van der Waals surface area (Å²) < 4.78 is 32.9. The van der Waals surface area contributed by atoms with Gasteiger partial charge in [-0.25, -0.2) is 22.7 Å². The van der Waals surface area contributed by atoms with Crippen molar-refractivity contribution in [3.63, 3.8) is 0 Å². The number of nitrogens with one attached hydrogen (secondary N) is 2. The minimum atomic E-state index is -4.09. The zero-order chi connectivity index (χ0) is 24.6. The van der Waals surface area contributed by atoms with Crippen molar-refractivity contribution in [2.45, 2.75) is 30.4 Å². The number of carbonyl (C=O) groups excluding carboxylic acids is 2. The summed E-state index contributed by atoms with van der Waals surface area (Å²) in [5.74, 6) is -0.585. The largest absolute Gasteiger partial charge is 0.452 e. The van der Waals surface area contributed by atoms with Gasteiger partial charge in [0.25, 0.3) is 10.0 Å². The third-order valence-corrected chi connectivity index (χ3v) is 6.40. The van der Waals surface area contributed by atoms with Crippen LogP contribution in [0.15, 0.2) is 102 Å². The predicted molar refractivity (Wildman–Crippen MR) is 130 cm³/mol. The van der Waals surface area contributed by atoms with Crippen LogP contribution in [0.2, 0.25) is 0 Å². The molecule has 34 heavy (non-hydrogen) atoms. The van der Waals surface area contributed by atoms with Crippen LogP contribution in [-0.4, -0.2) is 32.6 Å². The number of ether oxygens (including phenoxy) is 1. The van der Waals surface area contributed by atoms with Crippen LogP contribution in [0, 0.1) is 6.92 Å². The number of carbonyl (C=O) groups is 2. The van der Waals surface area contributed by atoms with Gasteiger partial charge < -0.3 is 10.1 Å². The Labute approximate surface area is 199 Å². The first kappa shape index (κ1) is 24.7. The number of urea groups is 1. The van der Waals surface area contributed by atoms with Crippen molar-refractivity contribution in [2.75, 3.05) is 0 Å². The summed E-state index contributed by atoms with van der Waals surface area (Å²) in [6.07, 6.45) is 0.765. The van der Waals surface area contributed by atoms with Crippen molar-refractivity contribution in [3.05, 3.63) is 114 Å². The second kappa shape index (κ2) is 11.3. The summed E-state index contributed by atoms with van der Waals surface area (Å²) in [6.45, 7) is 5.57. The van der Waals surface area contributed by atoms with Crippen LogP contribution < -0.4 is 10.0 Å². The van der Waals surface area contributed by atoms with Crippen molar-refractivity contribution in [1.29, 1.82) is 0 Å². The summed E-state index contributed by atoms with van der Waals surface area (Å²) in [5, 5.41) is 2.63. The van der Waals surface area contributed by atoms with Crippen molar-refractivity contribution < 1.29 is 22.7 Å². The maximum atomic E-state index is 12.7.